The Bertz CT molecular complexity index is 194. The first-order chi connectivity index (χ1) is 5.34. The Labute approximate surface area is 71.2 Å². The van der Waals surface area contributed by atoms with E-state index >= 15 is 0 Å². The Morgan fingerprint density at radius 3 is 2.55 bits per heavy atom. The van der Waals surface area contributed by atoms with Crippen LogP contribution in [0.1, 0.15) is 24.2 Å². The summed E-state index contributed by atoms with van der Waals surface area (Å²) in [6.07, 6.45) is 0. The number of rotatable bonds is 1. The molecule has 0 saturated heterocycles. The van der Waals surface area contributed by atoms with Crippen LogP contribution in [0, 0.1) is 0 Å². The highest BCUT2D eigenvalue weighted by Crippen LogP contribution is 2.04. The Hall–Kier alpha value is -0.830. The summed E-state index contributed by atoms with van der Waals surface area (Å²) in [5.74, 6) is -0.0174. The minimum atomic E-state index is -0.0174. The fourth-order valence-corrected chi connectivity index (χ4v) is 1.17. The minimum absolute atomic E-state index is 0.0174. The summed E-state index contributed by atoms with van der Waals surface area (Å²) >= 11 is 1.52. The topological polar surface area (TPSA) is 29.1 Å². The molecule has 1 N–H and O–H groups in total. The van der Waals surface area contributed by atoms with E-state index in [-0.39, 0.29) is 5.91 Å². The zero-order valence-electron chi connectivity index (χ0n) is 7.05. The molecule has 0 fully saturated rings. The van der Waals surface area contributed by atoms with Crippen molar-refractivity contribution < 1.29 is 4.79 Å². The summed E-state index contributed by atoms with van der Waals surface area (Å²) in [4.78, 5) is 10.8. The van der Waals surface area contributed by atoms with Gasteiger partial charge in [-0.1, -0.05) is 13.8 Å². The molecule has 0 aromatic carbocycles. The molecule has 1 aromatic rings. The van der Waals surface area contributed by atoms with Crippen LogP contribution in [0.5, 0.6) is 0 Å². The predicted octanol–water partition coefficient (Wildman–Crippen LogP) is 2.13. The molecule has 1 rings (SSSR count). The zero-order valence-corrected chi connectivity index (χ0v) is 7.87. The largest absolute Gasteiger partial charge is 0.355 e. The van der Waals surface area contributed by atoms with Crippen molar-refractivity contribution >= 4 is 17.2 Å². The van der Waals surface area contributed by atoms with E-state index in [0.29, 0.717) is 0 Å². The molecule has 0 aliphatic rings. The maximum absolute atomic E-state index is 10.8. The zero-order chi connectivity index (χ0) is 8.69. The first-order valence-corrected chi connectivity index (χ1v) is 4.53. The summed E-state index contributed by atoms with van der Waals surface area (Å²) in [5.41, 5.74) is 0.738. The van der Waals surface area contributed by atoms with Crippen LogP contribution in [-0.2, 0) is 0 Å². The highest BCUT2D eigenvalue weighted by atomic mass is 32.1. The van der Waals surface area contributed by atoms with E-state index in [1.807, 2.05) is 24.6 Å². The number of carbonyl (C=O) groups is 1. The van der Waals surface area contributed by atoms with Gasteiger partial charge in [-0.05, 0) is 11.4 Å². The van der Waals surface area contributed by atoms with Crippen LogP contribution in [0.2, 0.25) is 0 Å². The molecule has 62 valence electrons. The average Bonchev–Trinajstić information content (AvgIpc) is 2.59. The molecule has 3 heteroatoms. The highest BCUT2D eigenvalue weighted by Gasteiger charge is 1.99. The second-order valence-corrected chi connectivity index (χ2v) is 2.37. The van der Waals surface area contributed by atoms with E-state index in [1.54, 1.807) is 13.1 Å². The van der Waals surface area contributed by atoms with Crippen molar-refractivity contribution in [1.29, 1.82) is 0 Å². The quantitative estimate of drug-likeness (QED) is 0.689. The van der Waals surface area contributed by atoms with Crippen molar-refractivity contribution in [2.24, 2.45) is 0 Å². The lowest BCUT2D eigenvalue weighted by molar-refractivity contribution is 0.0963. The lowest BCUT2D eigenvalue weighted by Gasteiger charge is -1.90. The summed E-state index contributed by atoms with van der Waals surface area (Å²) in [6.45, 7) is 4.00. The van der Waals surface area contributed by atoms with E-state index < -0.39 is 0 Å². The fraction of sp³-hybridized carbons (Fsp3) is 0.375. The number of amides is 1. The predicted molar refractivity (Wildman–Crippen MR) is 49.1 cm³/mol. The standard InChI is InChI=1S/C6H7NOS.C2H6/c1-7-6(8)5-2-3-9-4-5;1-2/h2-4H,1H3,(H,7,8);1-2H3. The first kappa shape index (κ1) is 10.2. The molecule has 0 aliphatic carbocycles. The van der Waals surface area contributed by atoms with Crippen molar-refractivity contribution in [1.82, 2.24) is 5.32 Å². The van der Waals surface area contributed by atoms with Crippen LogP contribution < -0.4 is 5.32 Å². The highest BCUT2D eigenvalue weighted by molar-refractivity contribution is 7.08. The van der Waals surface area contributed by atoms with Crippen LogP contribution in [0.4, 0.5) is 0 Å². The van der Waals surface area contributed by atoms with Gasteiger partial charge in [0.1, 0.15) is 0 Å². The number of hydrogen-bond acceptors (Lipinski definition) is 2. The molecular formula is C8H13NOS. The second-order valence-electron chi connectivity index (χ2n) is 1.59. The SMILES string of the molecule is CC.CNC(=O)c1ccsc1. The van der Waals surface area contributed by atoms with Gasteiger partial charge in [-0.15, -0.1) is 0 Å². The van der Waals surface area contributed by atoms with E-state index in [9.17, 15) is 4.79 Å². The van der Waals surface area contributed by atoms with Crippen molar-refractivity contribution in [3.63, 3.8) is 0 Å². The van der Waals surface area contributed by atoms with E-state index in [0.717, 1.165) is 5.56 Å². The van der Waals surface area contributed by atoms with Crippen molar-refractivity contribution in [3.8, 4) is 0 Å². The minimum Gasteiger partial charge on any atom is -0.355 e. The number of nitrogens with one attached hydrogen (secondary N) is 1. The van der Waals surface area contributed by atoms with Crippen molar-refractivity contribution in [2.75, 3.05) is 7.05 Å². The Balaban J connectivity index is 0.000000461. The van der Waals surface area contributed by atoms with E-state index in [2.05, 4.69) is 5.32 Å². The maximum Gasteiger partial charge on any atom is 0.251 e. The van der Waals surface area contributed by atoms with Gasteiger partial charge in [0.15, 0.2) is 0 Å². The molecule has 0 aliphatic heterocycles. The number of hydrogen-bond donors (Lipinski definition) is 1. The summed E-state index contributed by atoms with van der Waals surface area (Å²) < 4.78 is 0. The van der Waals surface area contributed by atoms with E-state index in [4.69, 9.17) is 0 Å². The normalized spacial score (nSPS) is 7.91. The summed E-state index contributed by atoms with van der Waals surface area (Å²) in [6, 6.07) is 1.80. The average molecular weight is 171 g/mol. The molecular weight excluding hydrogens is 158 g/mol. The molecule has 0 atom stereocenters. The lowest BCUT2D eigenvalue weighted by atomic mass is 10.3. The monoisotopic (exact) mass is 171 g/mol. The third-order valence-corrected chi connectivity index (χ3v) is 1.69. The maximum atomic E-state index is 10.8. The smallest absolute Gasteiger partial charge is 0.251 e. The Morgan fingerprint density at radius 1 is 1.55 bits per heavy atom. The van der Waals surface area contributed by atoms with Gasteiger partial charge in [-0.3, -0.25) is 4.79 Å². The molecule has 0 saturated carbocycles. The van der Waals surface area contributed by atoms with Gasteiger partial charge >= 0.3 is 0 Å². The second kappa shape index (κ2) is 5.92. The molecule has 0 bridgehead atoms. The molecule has 0 radical (unpaired) electrons. The van der Waals surface area contributed by atoms with Crippen molar-refractivity contribution in [2.45, 2.75) is 13.8 Å². The van der Waals surface area contributed by atoms with Gasteiger partial charge in [-0.2, -0.15) is 11.3 Å². The van der Waals surface area contributed by atoms with E-state index in [1.165, 1.54) is 11.3 Å². The van der Waals surface area contributed by atoms with Crippen LogP contribution in [0.3, 0.4) is 0 Å². The third kappa shape index (κ3) is 3.18. The number of carbonyl (C=O) groups excluding carboxylic acids is 1. The van der Waals surface area contributed by atoms with Crippen LogP contribution in [0.15, 0.2) is 16.8 Å². The molecule has 1 aromatic heterocycles. The van der Waals surface area contributed by atoms with Crippen LogP contribution >= 0.6 is 11.3 Å². The summed E-state index contributed by atoms with van der Waals surface area (Å²) in [5, 5.41) is 6.23. The molecule has 2 nitrogen and oxygen atoms in total. The number of thiophene rings is 1. The Morgan fingerprint density at radius 2 is 2.18 bits per heavy atom. The summed E-state index contributed by atoms with van der Waals surface area (Å²) in [7, 11) is 1.62. The van der Waals surface area contributed by atoms with Crippen molar-refractivity contribution in [3.05, 3.63) is 22.4 Å². The van der Waals surface area contributed by atoms with Gasteiger partial charge < -0.3 is 5.32 Å². The first-order valence-electron chi connectivity index (χ1n) is 3.59. The molecule has 0 unspecified atom stereocenters. The van der Waals surface area contributed by atoms with Gasteiger partial charge in [-0.25, -0.2) is 0 Å². The van der Waals surface area contributed by atoms with Gasteiger partial charge in [0.05, 0.1) is 0 Å². The lowest BCUT2D eigenvalue weighted by Crippen LogP contribution is -2.16. The van der Waals surface area contributed by atoms with Gasteiger partial charge in [0, 0.05) is 18.0 Å². The molecule has 1 amide bonds. The molecule has 0 spiro atoms. The van der Waals surface area contributed by atoms with Crippen LogP contribution in [-0.4, -0.2) is 13.0 Å². The third-order valence-electron chi connectivity index (χ3n) is 1.01. The fourth-order valence-electron chi connectivity index (χ4n) is 0.538. The molecule has 11 heavy (non-hydrogen) atoms. The molecule has 1 heterocycles. The Kier molecular flexibility index (Phi) is 5.47. The van der Waals surface area contributed by atoms with Crippen LogP contribution in [0.25, 0.3) is 0 Å². The van der Waals surface area contributed by atoms with Gasteiger partial charge in [0.25, 0.3) is 5.91 Å². The van der Waals surface area contributed by atoms with Gasteiger partial charge in [0.2, 0.25) is 0 Å².